The zero-order valence-electron chi connectivity index (χ0n) is 9.29. The summed E-state index contributed by atoms with van der Waals surface area (Å²) in [5.41, 5.74) is 1.44. The minimum atomic E-state index is -0.00329. The van der Waals surface area contributed by atoms with Gasteiger partial charge in [0.15, 0.2) is 0 Å². The Hall–Kier alpha value is -0.340. The molecule has 0 aromatic rings. The highest BCUT2D eigenvalue weighted by Gasteiger charge is 2.46. The standard InChI is InChI=1S/C12H20O2/c1-8-4-9(2)12(6-13)5-11(8)10(3)14-7-12/h4,9-11,13H,5-7H2,1-3H3/t9-,10-,11+,12-/m0/s1. The molecule has 2 heteroatoms. The lowest BCUT2D eigenvalue weighted by Gasteiger charge is -2.49. The Kier molecular flexibility index (Phi) is 2.44. The summed E-state index contributed by atoms with van der Waals surface area (Å²) < 4.78 is 5.78. The lowest BCUT2D eigenvalue weighted by molar-refractivity contribution is -0.121. The summed E-state index contributed by atoms with van der Waals surface area (Å²) >= 11 is 0. The molecule has 0 amide bonds. The van der Waals surface area contributed by atoms with Crippen molar-refractivity contribution in [3.8, 4) is 0 Å². The van der Waals surface area contributed by atoms with Gasteiger partial charge in [-0.25, -0.2) is 0 Å². The largest absolute Gasteiger partial charge is 0.396 e. The lowest BCUT2D eigenvalue weighted by Crippen LogP contribution is -2.49. The van der Waals surface area contributed by atoms with E-state index in [0.29, 0.717) is 24.5 Å². The van der Waals surface area contributed by atoms with Gasteiger partial charge in [-0.15, -0.1) is 0 Å². The molecule has 1 saturated heterocycles. The number of rotatable bonds is 1. The third kappa shape index (κ3) is 1.32. The second-order valence-corrected chi connectivity index (χ2v) is 5.05. The Balaban J connectivity index is 2.33. The van der Waals surface area contributed by atoms with Gasteiger partial charge < -0.3 is 9.84 Å². The van der Waals surface area contributed by atoms with Gasteiger partial charge in [0.25, 0.3) is 0 Å². The van der Waals surface area contributed by atoms with Crippen molar-refractivity contribution >= 4 is 0 Å². The highest BCUT2D eigenvalue weighted by atomic mass is 16.5. The first-order chi connectivity index (χ1) is 6.59. The van der Waals surface area contributed by atoms with Gasteiger partial charge >= 0.3 is 0 Å². The van der Waals surface area contributed by atoms with Crippen molar-refractivity contribution in [1.82, 2.24) is 0 Å². The molecule has 1 aliphatic heterocycles. The molecular formula is C12H20O2. The summed E-state index contributed by atoms with van der Waals surface area (Å²) in [6.45, 7) is 7.48. The molecule has 14 heavy (non-hydrogen) atoms. The number of hydrogen-bond donors (Lipinski definition) is 1. The van der Waals surface area contributed by atoms with Crippen molar-refractivity contribution in [1.29, 1.82) is 0 Å². The van der Waals surface area contributed by atoms with Crippen LogP contribution in [0.2, 0.25) is 0 Å². The molecule has 0 radical (unpaired) electrons. The van der Waals surface area contributed by atoms with Gasteiger partial charge in [-0.05, 0) is 26.2 Å². The second kappa shape index (κ2) is 3.35. The van der Waals surface area contributed by atoms with Crippen molar-refractivity contribution < 1.29 is 9.84 Å². The molecule has 0 saturated carbocycles. The van der Waals surface area contributed by atoms with Crippen LogP contribution in [0.3, 0.4) is 0 Å². The van der Waals surface area contributed by atoms with Crippen LogP contribution in [-0.2, 0) is 4.74 Å². The van der Waals surface area contributed by atoms with E-state index < -0.39 is 0 Å². The Bertz CT molecular complexity index is 259. The summed E-state index contributed by atoms with van der Waals surface area (Å²) in [6, 6.07) is 0. The highest BCUT2D eigenvalue weighted by Crippen LogP contribution is 2.47. The van der Waals surface area contributed by atoms with Crippen LogP contribution >= 0.6 is 0 Å². The van der Waals surface area contributed by atoms with Crippen molar-refractivity contribution in [3.63, 3.8) is 0 Å². The SMILES string of the molecule is CC1=C[C@H](C)[C@@]2(CO)CO[C@@H](C)[C@@H]1C2. The molecule has 4 atom stereocenters. The average Bonchev–Trinajstić information content (AvgIpc) is 2.17. The van der Waals surface area contributed by atoms with Crippen LogP contribution in [-0.4, -0.2) is 24.4 Å². The molecule has 0 aromatic carbocycles. The quantitative estimate of drug-likeness (QED) is 0.650. The molecule has 2 bridgehead atoms. The van der Waals surface area contributed by atoms with E-state index in [1.54, 1.807) is 0 Å². The smallest absolute Gasteiger partial charge is 0.0612 e. The molecule has 0 aromatic heterocycles. The van der Waals surface area contributed by atoms with Gasteiger partial charge in [0, 0.05) is 11.3 Å². The highest BCUT2D eigenvalue weighted by molar-refractivity contribution is 5.17. The molecule has 0 spiro atoms. The van der Waals surface area contributed by atoms with Crippen molar-refractivity contribution in [2.75, 3.05) is 13.2 Å². The number of aliphatic hydroxyl groups is 1. The zero-order chi connectivity index (χ0) is 10.3. The van der Waals surface area contributed by atoms with Gasteiger partial charge in [-0.1, -0.05) is 18.6 Å². The maximum absolute atomic E-state index is 9.53. The average molecular weight is 196 g/mol. The van der Waals surface area contributed by atoms with Gasteiger partial charge in [0.1, 0.15) is 0 Å². The molecule has 0 unspecified atom stereocenters. The van der Waals surface area contributed by atoms with E-state index in [1.807, 2.05) is 0 Å². The molecule has 2 aliphatic rings. The minimum absolute atomic E-state index is 0.00329. The summed E-state index contributed by atoms with van der Waals surface area (Å²) in [5.74, 6) is 0.961. The van der Waals surface area contributed by atoms with Crippen molar-refractivity contribution in [2.24, 2.45) is 17.3 Å². The molecule has 1 N–H and O–H groups in total. The molecule has 2 rings (SSSR count). The van der Waals surface area contributed by atoms with Crippen LogP contribution in [0.25, 0.3) is 0 Å². The van der Waals surface area contributed by atoms with Crippen LogP contribution in [0.15, 0.2) is 11.6 Å². The van der Waals surface area contributed by atoms with Gasteiger partial charge in [-0.3, -0.25) is 0 Å². The number of fused-ring (bicyclic) bond motifs is 2. The summed E-state index contributed by atoms with van der Waals surface area (Å²) in [5, 5.41) is 9.53. The normalized spacial score (nSPS) is 47.4. The van der Waals surface area contributed by atoms with Crippen LogP contribution in [0.4, 0.5) is 0 Å². The summed E-state index contributed by atoms with van der Waals surface area (Å²) in [6.07, 6.45) is 3.73. The third-order valence-electron chi connectivity index (χ3n) is 4.21. The van der Waals surface area contributed by atoms with E-state index in [4.69, 9.17) is 4.74 Å². The van der Waals surface area contributed by atoms with E-state index in [-0.39, 0.29) is 12.0 Å². The fourth-order valence-corrected chi connectivity index (χ4v) is 2.87. The number of hydrogen-bond acceptors (Lipinski definition) is 2. The summed E-state index contributed by atoms with van der Waals surface area (Å²) in [7, 11) is 0. The fourth-order valence-electron chi connectivity index (χ4n) is 2.87. The predicted octanol–water partition coefficient (Wildman–Crippen LogP) is 1.99. The first kappa shape index (κ1) is 10.2. The Morgan fingerprint density at radius 1 is 1.57 bits per heavy atom. The second-order valence-electron chi connectivity index (χ2n) is 5.05. The van der Waals surface area contributed by atoms with Crippen molar-refractivity contribution in [3.05, 3.63) is 11.6 Å². The van der Waals surface area contributed by atoms with Crippen LogP contribution in [0, 0.1) is 17.3 Å². The monoisotopic (exact) mass is 196 g/mol. The topological polar surface area (TPSA) is 29.5 Å². The first-order valence-electron chi connectivity index (χ1n) is 5.50. The number of aliphatic hydroxyl groups excluding tert-OH is 1. The van der Waals surface area contributed by atoms with Crippen LogP contribution in [0.1, 0.15) is 27.2 Å². The Labute approximate surface area is 86.0 Å². The van der Waals surface area contributed by atoms with Gasteiger partial charge in [0.05, 0.1) is 19.3 Å². The number of ether oxygens (including phenoxy) is 1. The Morgan fingerprint density at radius 3 is 2.93 bits per heavy atom. The molecular weight excluding hydrogens is 176 g/mol. The maximum atomic E-state index is 9.53. The fraction of sp³-hybridized carbons (Fsp3) is 0.833. The van der Waals surface area contributed by atoms with Crippen LogP contribution in [0.5, 0.6) is 0 Å². The van der Waals surface area contributed by atoms with Gasteiger partial charge in [-0.2, -0.15) is 0 Å². The maximum Gasteiger partial charge on any atom is 0.0612 e. The van der Waals surface area contributed by atoms with E-state index >= 15 is 0 Å². The molecule has 1 fully saturated rings. The van der Waals surface area contributed by atoms with Crippen LogP contribution < -0.4 is 0 Å². The van der Waals surface area contributed by atoms with E-state index in [1.165, 1.54) is 5.57 Å². The molecule has 2 nitrogen and oxygen atoms in total. The molecule has 80 valence electrons. The van der Waals surface area contributed by atoms with E-state index in [9.17, 15) is 5.11 Å². The van der Waals surface area contributed by atoms with Gasteiger partial charge in [0.2, 0.25) is 0 Å². The number of allylic oxidation sites excluding steroid dienone is 1. The van der Waals surface area contributed by atoms with Crippen molar-refractivity contribution in [2.45, 2.75) is 33.3 Å². The van der Waals surface area contributed by atoms with E-state index in [0.717, 1.165) is 6.42 Å². The molecule has 1 heterocycles. The first-order valence-corrected chi connectivity index (χ1v) is 5.50. The summed E-state index contributed by atoms with van der Waals surface area (Å²) in [4.78, 5) is 0. The third-order valence-corrected chi connectivity index (χ3v) is 4.21. The predicted molar refractivity (Wildman–Crippen MR) is 56.0 cm³/mol. The Morgan fingerprint density at radius 2 is 2.29 bits per heavy atom. The molecule has 1 aliphatic carbocycles. The minimum Gasteiger partial charge on any atom is -0.396 e. The zero-order valence-corrected chi connectivity index (χ0v) is 9.29. The lowest BCUT2D eigenvalue weighted by atomic mass is 9.63. The van der Waals surface area contributed by atoms with E-state index in [2.05, 4.69) is 26.8 Å².